The minimum Gasteiger partial charge on any atom is -0.416 e. The van der Waals surface area contributed by atoms with E-state index in [2.05, 4.69) is 46.0 Å². The molecule has 0 aromatic carbocycles. The smallest absolute Gasteiger partial charge is 0.192 e. The lowest BCUT2D eigenvalue weighted by molar-refractivity contribution is -0.190. The van der Waals surface area contributed by atoms with Gasteiger partial charge in [0.1, 0.15) is 6.10 Å². The summed E-state index contributed by atoms with van der Waals surface area (Å²) in [6.45, 7) is 16.0. The minimum absolute atomic E-state index is 0.0766. The Hall–Kier alpha value is -0.203. The van der Waals surface area contributed by atoms with E-state index in [1.165, 1.54) is 0 Å². The third-order valence-electron chi connectivity index (χ3n) is 7.74. The lowest BCUT2D eigenvalue weighted by Gasteiger charge is -2.45. The van der Waals surface area contributed by atoms with Crippen molar-refractivity contribution >= 4 is 8.32 Å². The summed E-state index contributed by atoms with van der Waals surface area (Å²) in [5.41, 5.74) is -0.146. The maximum absolute atomic E-state index is 11.1. The van der Waals surface area contributed by atoms with Gasteiger partial charge in [-0.1, -0.05) is 32.9 Å². The third kappa shape index (κ3) is 2.39. The van der Waals surface area contributed by atoms with E-state index in [-0.39, 0.29) is 28.6 Å². The molecule has 3 fully saturated rings. The number of hydrogen-bond donors (Lipinski definition) is 1. The average molecular weight is 367 g/mol. The lowest BCUT2D eigenvalue weighted by Crippen LogP contribution is -2.51. The first-order chi connectivity index (χ1) is 11.4. The molecule has 7 atom stereocenters. The Balaban J connectivity index is 1.68. The summed E-state index contributed by atoms with van der Waals surface area (Å²) in [5.74, 6) is 0.424. The van der Waals surface area contributed by atoms with Gasteiger partial charge >= 0.3 is 0 Å². The molecular formula is C20H34O4Si. The van der Waals surface area contributed by atoms with Gasteiger partial charge < -0.3 is 19.0 Å². The van der Waals surface area contributed by atoms with E-state index < -0.39 is 20.2 Å². The quantitative estimate of drug-likeness (QED) is 0.611. The van der Waals surface area contributed by atoms with Crippen molar-refractivity contribution in [1.82, 2.24) is 0 Å². The van der Waals surface area contributed by atoms with Gasteiger partial charge in [-0.2, -0.15) is 0 Å². The van der Waals surface area contributed by atoms with Crippen molar-refractivity contribution < 1.29 is 19.0 Å². The second-order valence-electron chi connectivity index (χ2n) is 10.6. The van der Waals surface area contributed by atoms with Crippen molar-refractivity contribution in [2.45, 2.75) is 83.3 Å². The van der Waals surface area contributed by atoms with Crippen molar-refractivity contribution in [3.63, 3.8) is 0 Å². The van der Waals surface area contributed by atoms with Crippen molar-refractivity contribution in [2.24, 2.45) is 23.2 Å². The summed E-state index contributed by atoms with van der Waals surface area (Å²) < 4.78 is 19.2. The predicted octanol–water partition coefficient (Wildman–Crippen LogP) is 3.71. The molecule has 25 heavy (non-hydrogen) atoms. The van der Waals surface area contributed by atoms with Gasteiger partial charge in [-0.3, -0.25) is 0 Å². The van der Waals surface area contributed by atoms with Crippen LogP contribution in [0.25, 0.3) is 0 Å². The molecular weight excluding hydrogens is 332 g/mol. The monoisotopic (exact) mass is 366 g/mol. The zero-order valence-electron chi connectivity index (χ0n) is 16.7. The number of aliphatic hydroxyl groups is 1. The molecule has 4 rings (SSSR count). The van der Waals surface area contributed by atoms with Crippen LogP contribution in [0, 0.1) is 23.2 Å². The average Bonchev–Trinajstić information content (AvgIpc) is 3.17. The second kappa shape index (κ2) is 5.19. The summed E-state index contributed by atoms with van der Waals surface area (Å²) >= 11 is 0. The molecule has 142 valence electrons. The number of fused-ring (bicyclic) bond motifs is 7. The van der Waals surface area contributed by atoms with Crippen molar-refractivity contribution in [3.8, 4) is 0 Å². The first kappa shape index (κ1) is 18.2. The molecule has 3 aliphatic carbocycles. The predicted molar refractivity (Wildman–Crippen MR) is 99.6 cm³/mol. The Morgan fingerprint density at radius 1 is 1.20 bits per heavy atom. The Morgan fingerprint density at radius 3 is 2.52 bits per heavy atom. The Morgan fingerprint density at radius 2 is 1.88 bits per heavy atom. The van der Waals surface area contributed by atoms with E-state index in [1.807, 2.05) is 13.8 Å². The van der Waals surface area contributed by atoms with E-state index in [0.717, 1.165) is 6.42 Å². The van der Waals surface area contributed by atoms with Gasteiger partial charge in [-0.15, -0.1) is 0 Å². The van der Waals surface area contributed by atoms with Gasteiger partial charge in [0.05, 0.1) is 12.2 Å². The van der Waals surface area contributed by atoms with E-state index in [1.54, 1.807) is 0 Å². The number of aliphatic hydroxyl groups excluding tert-OH is 1. The summed E-state index contributed by atoms with van der Waals surface area (Å²) in [5, 5.41) is 11.3. The lowest BCUT2D eigenvalue weighted by atomic mass is 9.69. The standard InChI is InChI=1S/C20H34O4Si/c1-18(2,3)25(6,7)22-11-20-13-9-8-12(10-13)14(20)15(21)16-17(20)24-19(4,5)23-16/h8-9,12-17,21H,10-11H2,1-7H3/t12-,13+,14+,15-,16+,17+,20+/m1/s1. The molecule has 2 bridgehead atoms. The van der Waals surface area contributed by atoms with E-state index >= 15 is 0 Å². The highest BCUT2D eigenvalue weighted by molar-refractivity contribution is 6.74. The maximum atomic E-state index is 11.1. The van der Waals surface area contributed by atoms with Crippen LogP contribution in [0.1, 0.15) is 41.0 Å². The van der Waals surface area contributed by atoms with Crippen LogP contribution >= 0.6 is 0 Å². The highest BCUT2D eigenvalue weighted by Gasteiger charge is 2.73. The first-order valence-corrected chi connectivity index (χ1v) is 12.7. The number of rotatable bonds is 3. The van der Waals surface area contributed by atoms with Gasteiger partial charge in [0.25, 0.3) is 0 Å². The third-order valence-corrected chi connectivity index (χ3v) is 12.2. The van der Waals surface area contributed by atoms with E-state index in [0.29, 0.717) is 18.4 Å². The van der Waals surface area contributed by atoms with Crippen LogP contribution in [0.4, 0.5) is 0 Å². The van der Waals surface area contributed by atoms with Gasteiger partial charge in [-0.05, 0) is 50.2 Å². The molecule has 0 spiro atoms. The minimum atomic E-state index is -1.87. The summed E-state index contributed by atoms with van der Waals surface area (Å²) in [6, 6.07) is 0. The largest absolute Gasteiger partial charge is 0.416 e. The molecule has 5 heteroatoms. The van der Waals surface area contributed by atoms with Gasteiger partial charge in [0.2, 0.25) is 0 Å². The SMILES string of the molecule is CC1(C)O[C@H]2[C@H](O)[C@@H]3[C@@H]4C=C[C@@H](C4)[C@]3(CO[Si](C)(C)C(C)(C)C)[C@H]2O1. The van der Waals surface area contributed by atoms with Crippen LogP contribution in [-0.2, 0) is 13.9 Å². The van der Waals surface area contributed by atoms with Crippen LogP contribution < -0.4 is 0 Å². The summed E-state index contributed by atoms with van der Waals surface area (Å²) in [7, 11) is -1.87. The molecule has 0 amide bonds. The number of ether oxygens (including phenoxy) is 2. The van der Waals surface area contributed by atoms with E-state index in [4.69, 9.17) is 13.9 Å². The zero-order valence-corrected chi connectivity index (χ0v) is 17.7. The molecule has 2 saturated carbocycles. The molecule has 0 unspecified atom stereocenters. The Kier molecular flexibility index (Phi) is 3.78. The molecule has 4 nitrogen and oxygen atoms in total. The van der Waals surface area contributed by atoms with Crippen LogP contribution in [0.15, 0.2) is 12.2 Å². The van der Waals surface area contributed by atoms with Crippen LogP contribution in [0.5, 0.6) is 0 Å². The van der Waals surface area contributed by atoms with Gasteiger partial charge in [-0.25, -0.2) is 0 Å². The highest BCUT2D eigenvalue weighted by Crippen LogP contribution is 2.67. The molecule has 0 aromatic heterocycles. The Bertz CT molecular complexity index is 593. The van der Waals surface area contributed by atoms with Crippen molar-refractivity contribution in [2.75, 3.05) is 6.61 Å². The molecule has 0 radical (unpaired) electrons. The number of hydrogen-bond acceptors (Lipinski definition) is 4. The summed E-state index contributed by atoms with van der Waals surface area (Å²) in [6.07, 6.45) is 5.00. The zero-order chi connectivity index (χ0) is 18.4. The maximum Gasteiger partial charge on any atom is 0.192 e. The van der Waals surface area contributed by atoms with Crippen LogP contribution in [-0.4, -0.2) is 44.1 Å². The summed E-state index contributed by atoms with van der Waals surface area (Å²) in [4.78, 5) is 0. The molecule has 1 heterocycles. The molecule has 1 saturated heterocycles. The van der Waals surface area contributed by atoms with Crippen LogP contribution in [0.3, 0.4) is 0 Å². The Labute approximate surface area is 153 Å². The van der Waals surface area contributed by atoms with Crippen molar-refractivity contribution in [1.29, 1.82) is 0 Å². The van der Waals surface area contributed by atoms with Crippen LogP contribution in [0.2, 0.25) is 18.1 Å². The highest BCUT2D eigenvalue weighted by atomic mass is 28.4. The first-order valence-electron chi connectivity index (χ1n) is 9.75. The van der Waals surface area contributed by atoms with E-state index in [9.17, 15) is 5.11 Å². The molecule has 0 aromatic rings. The number of allylic oxidation sites excluding steroid dienone is 2. The second-order valence-corrected chi connectivity index (χ2v) is 15.4. The molecule has 1 N–H and O–H groups in total. The topological polar surface area (TPSA) is 47.9 Å². The fourth-order valence-corrected chi connectivity index (χ4v) is 6.52. The molecule has 1 aliphatic heterocycles. The normalized spacial score (nSPS) is 47.4. The van der Waals surface area contributed by atoms with Gasteiger partial charge in [0, 0.05) is 17.9 Å². The molecule has 4 aliphatic rings. The van der Waals surface area contributed by atoms with Gasteiger partial charge in [0.15, 0.2) is 14.1 Å². The van der Waals surface area contributed by atoms with Crippen molar-refractivity contribution in [3.05, 3.63) is 12.2 Å². The fourth-order valence-electron chi connectivity index (χ4n) is 5.48. The fraction of sp³-hybridized carbons (Fsp3) is 0.900.